The van der Waals surface area contributed by atoms with Crippen LogP contribution in [0, 0.1) is 19.8 Å². The fourth-order valence-electron chi connectivity index (χ4n) is 3.33. The lowest BCUT2D eigenvalue weighted by Gasteiger charge is -2.33. The van der Waals surface area contributed by atoms with E-state index in [1.807, 2.05) is 45.9 Å². The standard InChI is InChI=1S/C21H27NO5/c1-12-8-7-9-13(2)16(12)17-18(26-20(24)15-10-11-15)21(4,5)22(19(17)23)27-14(3)25-6/h7-9,14-15H,10-11H2,1-6H3. The second kappa shape index (κ2) is 7.09. The van der Waals surface area contributed by atoms with Gasteiger partial charge >= 0.3 is 5.97 Å². The minimum atomic E-state index is -0.946. The fourth-order valence-corrected chi connectivity index (χ4v) is 3.33. The number of ether oxygens (including phenoxy) is 2. The van der Waals surface area contributed by atoms with Crippen molar-refractivity contribution in [3.63, 3.8) is 0 Å². The van der Waals surface area contributed by atoms with Crippen LogP contribution in [0.1, 0.15) is 50.3 Å². The molecule has 6 nitrogen and oxygen atoms in total. The lowest BCUT2D eigenvalue weighted by molar-refractivity contribution is -0.276. The lowest BCUT2D eigenvalue weighted by Crippen LogP contribution is -2.46. The summed E-state index contributed by atoms with van der Waals surface area (Å²) in [5.41, 5.74) is 2.10. The monoisotopic (exact) mass is 373 g/mol. The number of hydroxylamine groups is 2. The molecule has 1 atom stereocenters. The van der Waals surface area contributed by atoms with Gasteiger partial charge in [0.15, 0.2) is 6.29 Å². The second-order valence-electron chi connectivity index (χ2n) is 7.73. The smallest absolute Gasteiger partial charge is 0.314 e. The average molecular weight is 373 g/mol. The Morgan fingerprint density at radius 3 is 2.33 bits per heavy atom. The van der Waals surface area contributed by atoms with Crippen molar-refractivity contribution in [2.24, 2.45) is 5.92 Å². The van der Waals surface area contributed by atoms with E-state index in [0.29, 0.717) is 11.3 Å². The number of amides is 1. The van der Waals surface area contributed by atoms with Crippen LogP contribution in [0.25, 0.3) is 5.57 Å². The predicted octanol–water partition coefficient (Wildman–Crippen LogP) is 3.51. The molecule has 6 heteroatoms. The van der Waals surface area contributed by atoms with Crippen LogP contribution in [0.5, 0.6) is 0 Å². The van der Waals surface area contributed by atoms with Crippen LogP contribution in [0.15, 0.2) is 24.0 Å². The van der Waals surface area contributed by atoms with Gasteiger partial charge in [0.2, 0.25) is 0 Å². The molecule has 1 aromatic carbocycles. The van der Waals surface area contributed by atoms with Crippen LogP contribution >= 0.6 is 0 Å². The summed E-state index contributed by atoms with van der Waals surface area (Å²) >= 11 is 0. The molecule has 1 unspecified atom stereocenters. The van der Waals surface area contributed by atoms with Crippen molar-refractivity contribution < 1.29 is 23.9 Å². The number of benzene rings is 1. The van der Waals surface area contributed by atoms with Crippen molar-refractivity contribution in [1.29, 1.82) is 0 Å². The Balaban J connectivity index is 2.12. The zero-order valence-corrected chi connectivity index (χ0v) is 16.8. The summed E-state index contributed by atoms with van der Waals surface area (Å²) in [6.07, 6.45) is 1.05. The SMILES string of the molecule is COC(C)ON1C(=O)C(c2c(C)cccc2C)=C(OC(=O)C2CC2)C1(C)C. The van der Waals surface area contributed by atoms with E-state index in [2.05, 4.69) is 0 Å². The predicted molar refractivity (Wildman–Crippen MR) is 100 cm³/mol. The van der Waals surface area contributed by atoms with Gasteiger partial charge in [0, 0.05) is 7.11 Å². The highest BCUT2D eigenvalue weighted by Gasteiger charge is 2.51. The third-order valence-corrected chi connectivity index (χ3v) is 5.12. The first-order valence-electron chi connectivity index (χ1n) is 9.25. The summed E-state index contributed by atoms with van der Waals surface area (Å²) < 4.78 is 11.0. The Labute approximate surface area is 160 Å². The van der Waals surface area contributed by atoms with Crippen LogP contribution in [0.2, 0.25) is 0 Å². The number of carbonyl (C=O) groups is 2. The quantitative estimate of drug-likeness (QED) is 0.564. The molecule has 0 N–H and O–H groups in total. The first-order valence-corrected chi connectivity index (χ1v) is 9.25. The van der Waals surface area contributed by atoms with Gasteiger partial charge in [-0.3, -0.25) is 9.59 Å². The molecular weight excluding hydrogens is 346 g/mol. The highest BCUT2D eigenvalue weighted by atomic mass is 16.8. The number of hydrogen-bond acceptors (Lipinski definition) is 5. The fraction of sp³-hybridized carbons (Fsp3) is 0.524. The van der Waals surface area contributed by atoms with E-state index in [4.69, 9.17) is 14.3 Å². The maximum atomic E-state index is 13.4. The molecular formula is C21H27NO5. The molecule has 0 bridgehead atoms. The Hall–Kier alpha value is -2.18. The van der Waals surface area contributed by atoms with E-state index in [1.165, 1.54) is 12.2 Å². The van der Waals surface area contributed by atoms with E-state index in [0.717, 1.165) is 29.5 Å². The second-order valence-corrected chi connectivity index (χ2v) is 7.73. The van der Waals surface area contributed by atoms with Crippen molar-refractivity contribution in [3.8, 4) is 0 Å². The van der Waals surface area contributed by atoms with E-state index in [9.17, 15) is 9.59 Å². The Morgan fingerprint density at radius 2 is 1.81 bits per heavy atom. The van der Waals surface area contributed by atoms with Crippen molar-refractivity contribution in [1.82, 2.24) is 5.06 Å². The minimum absolute atomic E-state index is 0.0736. The van der Waals surface area contributed by atoms with E-state index in [1.54, 1.807) is 6.92 Å². The number of methoxy groups -OCH3 is 1. The van der Waals surface area contributed by atoms with Crippen molar-refractivity contribution in [2.75, 3.05) is 7.11 Å². The molecule has 146 valence electrons. The number of carbonyl (C=O) groups excluding carboxylic acids is 2. The summed E-state index contributed by atoms with van der Waals surface area (Å²) in [5.74, 6) is -0.350. The van der Waals surface area contributed by atoms with Gasteiger partial charge in [-0.2, -0.15) is 0 Å². The Morgan fingerprint density at radius 1 is 1.22 bits per heavy atom. The van der Waals surface area contributed by atoms with Crippen LogP contribution in [-0.4, -0.2) is 35.9 Å². The molecule has 0 saturated heterocycles. The van der Waals surface area contributed by atoms with Crippen LogP contribution in [0.4, 0.5) is 0 Å². The number of aryl methyl sites for hydroxylation is 2. The zero-order chi connectivity index (χ0) is 19.9. The van der Waals surface area contributed by atoms with Gasteiger partial charge in [-0.05, 0) is 64.2 Å². The first-order chi connectivity index (χ1) is 12.7. The maximum absolute atomic E-state index is 13.4. The van der Waals surface area contributed by atoms with Gasteiger partial charge in [-0.15, -0.1) is 0 Å². The van der Waals surface area contributed by atoms with Gasteiger partial charge < -0.3 is 9.47 Å². The Bertz CT molecular complexity index is 787. The van der Waals surface area contributed by atoms with Crippen molar-refractivity contribution in [3.05, 3.63) is 40.6 Å². The first kappa shape index (κ1) is 19.6. The summed E-state index contributed by atoms with van der Waals surface area (Å²) in [6.45, 7) is 9.21. The Kier molecular flexibility index (Phi) is 5.14. The van der Waals surface area contributed by atoms with Gasteiger partial charge in [0.05, 0.1) is 11.5 Å². The highest BCUT2D eigenvalue weighted by Crippen LogP contribution is 2.44. The third kappa shape index (κ3) is 3.51. The molecule has 27 heavy (non-hydrogen) atoms. The van der Waals surface area contributed by atoms with E-state index in [-0.39, 0.29) is 17.8 Å². The van der Waals surface area contributed by atoms with Gasteiger partial charge in [-0.25, -0.2) is 9.90 Å². The van der Waals surface area contributed by atoms with Crippen LogP contribution in [-0.2, 0) is 23.9 Å². The van der Waals surface area contributed by atoms with E-state index >= 15 is 0 Å². The molecule has 1 saturated carbocycles. The lowest BCUT2D eigenvalue weighted by atomic mass is 9.93. The molecule has 2 aliphatic rings. The number of rotatable bonds is 6. The minimum Gasteiger partial charge on any atom is -0.427 e. The largest absolute Gasteiger partial charge is 0.427 e. The van der Waals surface area contributed by atoms with Gasteiger partial charge in [-0.1, -0.05) is 18.2 Å². The van der Waals surface area contributed by atoms with Gasteiger partial charge in [0.1, 0.15) is 11.3 Å². The van der Waals surface area contributed by atoms with Crippen LogP contribution in [0.3, 0.4) is 0 Å². The summed E-state index contributed by atoms with van der Waals surface area (Å²) in [6, 6.07) is 5.82. The van der Waals surface area contributed by atoms with Crippen molar-refractivity contribution >= 4 is 17.4 Å². The highest BCUT2D eigenvalue weighted by molar-refractivity contribution is 6.23. The normalized spacial score (nSPS) is 20.2. The molecule has 1 aliphatic carbocycles. The van der Waals surface area contributed by atoms with Crippen molar-refractivity contribution in [2.45, 2.75) is 59.3 Å². The maximum Gasteiger partial charge on any atom is 0.314 e. The number of esters is 1. The van der Waals surface area contributed by atoms with Gasteiger partial charge in [0.25, 0.3) is 5.91 Å². The topological polar surface area (TPSA) is 65.1 Å². The molecule has 0 aromatic heterocycles. The van der Waals surface area contributed by atoms with E-state index < -0.39 is 11.8 Å². The third-order valence-electron chi connectivity index (χ3n) is 5.12. The average Bonchev–Trinajstić information content (AvgIpc) is 3.43. The summed E-state index contributed by atoms with van der Waals surface area (Å²) in [5, 5.41) is 1.26. The molecule has 1 aromatic rings. The summed E-state index contributed by atoms with van der Waals surface area (Å²) in [4.78, 5) is 31.5. The van der Waals surface area contributed by atoms with Crippen LogP contribution < -0.4 is 0 Å². The summed E-state index contributed by atoms with van der Waals surface area (Å²) in [7, 11) is 1.51. The molecule has 1 amide bonds. The molecule has 1 fully saturated rings. The molecule has 0 spiro atoms. The molecule has 1 aliphatic heterocycles. The molecule has 3 rings (SSSR count). The number of hydrogen-bond donors (Lipinski definition) is 0. The zero-order valence-electron chi connectivity index (χ0n) is 16.8. The molecule has 1 heterocycles. The molecule has 0 radical (unpaired) electrons. The number of nitrogens with zero attached hydrogens (tertiary/aromatic N) is 1.